The smallest absolute Gasteiger partial charge is 0.321 e. The lowest BCUT2D eigenvalue weighted by Crippen LogP contribution is -2.42. The second-order valence-electron chi connectivity index (χ2n) is 4.62. The first-order valence-corrected chi connectivity index (χ1v) is 6.20. The van der Waals surface area contributed by atoms with E-state index in [1.54, 1.807) is 17.9 Å². The first-order chi connectivity index (χ1) is 9.08. The second kappa shape index (κ2) is 5.90. The zero-order valence-corrected chi connectivity index (χ0v) is 10.6. The van der Waals surface area contributed by atoms with Crippen LogP contribution in [0.15, 0.2) is 12.3 Å². The molecule has 0 spiro atoms. The van der Waals surface area contributed by atoms with Gasteiger partial charge in [0.05, 0.1) is 17.6 Å². The number of nitrogens with zero attached hydrogens (tertiary/aromatic N) is 3. The van der Waals surface area contributed by atoms with Gasteiger partial charge in [-0.2, -0.15) is 10.2 Å². The van der Waals surface area contributed by atoms with Crippen LogP contribution in [-0.2, 0) is 0 Å². The molecule has 1 aliphatic heterocycles. The molecule has 1 fully saturated rings. The first-order valence-electron chi connectivity index (χ1n) is 6.20. The van der Waals surface area contributed by atoms with Crippen molar-refractivity contribution in [2.75, 3.05) is 18.4 Å². The fraction of sp³-hybridized carbons (Fsp3) is 0.583. The molecule has 2 rings (SSSR count). The number of rotatable bonds is 2. The highest BCUT2D eigenvalue weighted by molar-refractivity contribution is 5.89. The van der Waals surface area contributed by atoms with Crippen LogP contribution in [0, 0.1) is 12.8 Å². The fourth-order valence-corrected chi connectivity index (χ4v) is 2.08. The second-order valence-corrected chi connectivity index (χ2v) is 4.62. The number of urea groups is 1. The summed E-state index contributed by atoms with van der Waals surface area (Å²) in [4.78, 5) is 13.5. The molecule has 2 heterocycles. The number of alkyl halides is 2. The first kappa shape index (κ1) is 13.6. The lowest BCUT2D eigenvalue weighted by atomic mass is 9.98. The largest absolute Gasteiger partial charge is 0.325 e. The molecule has 1 aliphatic rings. The number of likely N-dealkylation sites (tertiary alicyclic amines) is 1. The lowest BCUT2D eigenvalue weighted by Gasteiger charge is -2.31. The number of carbonyl (C=O) groups is 1. The normalized spacial score (nSPS) is 16.7. The van der Waals surface area contributed by atoms with Crippen molar-refractivity contribution in [2.45, 2.75) is 26.2 Å². The van der Waals surface area contributed by atoms with Gasteiger partial charge in [0.2, 0.25) is 6.43 Å². The molecule has 0 aliphatic carbocycles. The minimum Gasteiger partial charge on any atom is -0.325 e. The molecule has 0 unspecified atom stereocenters. The van der Waals surface area contributed by atoms with Crippen molar-refractivity contribution in [3.63, 3.8) is 0 Å². The predicted octanol–water partition coefficient (Wildman–Crippen LogP) is 2.29. The maximum absolute atomic E-state index is 12.5. The molecule has 1 saturated heterocycles. The summed E-state index contributed by atoms with van der Waals surface area (Å²) in [5, 5.41) is 10.2. The lowest BCUT2D eigenvalue weighted by molar-refractivity contribution is 0.0433. The van der Waals surface area contributed by atoms with Crippen molar-refractivity contribution in [1.29, 1.82) is 0 Å². The Morgan fingerprint density at radius 3 is 2.74 bits per heavy atom. The average Bonchev–Trinajstić information content (AvgIpc) is 2.41. The number of anilines is 1. The van der Waals surface area contributed by atoms with Gasteiger partial charge in [0.1, 0.15) is 0 Å². The van der Waals surface area contributed by atoms with Crippen molar-refractivity contribution in [3.8, 4) is 0 Å². The Bertz CT molecular complexity index is 447. The zero-order chi connectivity index (χ0) is 13.8. The van der Waals surface area contributed by atoms with Gasteiger partial charge in [0.25, 0.3) is 0 Å². The van der Waals surface area contributed by atoms with Crippen molar-refractivity contribution in [2.24, 2.45) is 5.92 Å². The maximum atomic E-state index is 12.5. The highest BCUT2D eigenvalue weighted by atomic mass is 19.3. The molecule has 0 atom stereocenters. The van der Waals surface area contributed by atoms with E-state index in [1.165, 1.54) is 6.20 Å². The van der Waals surface area contributed by atoms with Crippen LogP contribution in [0.25, 0.3) is 0 Å². The van der Waals surface area contributed by atoms with E-state index in [1.807, 2.05) is 0 Å². The topological polar surface area (TPSA) is 58.1 Å². The van der Waals surface area contributed by atoms with Crippen LogP contribution < -0.4 is 5.32 Å². The Labute approximate surface area is 110 Å². The van der Waals surface area contributed by atoms with E-state index in [4.69, 9.17) is 0 Å². The average molecular weight is 270 g/mol. The van der Waals surface area contributed by atoms with E-state index in [9.17, 15) is 13.6 Å². The maximum Gasteiger partial charge on any atom is 0.321 e. The summed E-state index contributed by atoms with van der Waals surface area (Å²) in [5.41, 5.74) is 1.22. The van der Waals surface area contributed by atoms with Gasteiger partial charge < -0.3 is 10.2 Å². The molecular weight excluding hydrogens is 254 g/mol. The summed E-state index contributed by atoms with van der Waals surface area (Å²) >= 11 is 0. The Morgan fingerprint density at radius 1 is 1.47 bits per heavy atom. The van der Waals surface area contributed by atoms with Gasteiger partial charge in [-0.1, -0.05) is 0 Å². The highest BCUT2D eigenvalue weighted by Crippen LogP contribution is 2.24. The summed E-state index contributed by atoms with van der Waals surface area (Å²) in [6, 6.07) is 1.38. The molecule has 0 aromatic carbocycles. The van der Waals surface area contributed by atoms with E-state index < -0.39 is 12.3 Å². The van der Waals surface area contributed by atoms with E-state index in [-0.39, 0.29) is 6.03 Å². The van der Waals surface area contributed by atoms with Crippen LogP contribution in [-0.4, -0.2) is 40.6 Å². The van der Waals surface area contributed by atoms with E-state index in [2.05, 4.69) is 15.5 Å². The van der Waals surface area contributed by atoms with Gasteiger partial charge in [-0.05, 0) is 25.8 Å². The Balaban J connectivity index is 1.90. The number of hydrogen-bond donors (Lipinski definition) is 1. The fourth-order valence-electron chi connectivity index (χ4n) is 2.08. The van der Waals surface area contributed by atoms with Gasteiger partial charge in [0.15, 0.2) is 0 Å². The molecule has 7 heteroatoms. The van der Waals surface area contributed by atoms with Crippen LogP contribution in [0.1, 0.15) is 18.5 Å². The van der Waals surface area contributed by atoms with E-state index in [0.717, 1.165) is 0 Å². The van der Waals surface area contributed by atoms with E-state index >= 15 is 0 Å². The summed E-state index contributed by atoms with van der Waals surface area (Å²) in [6.45, 7) is 2.46. The number of amides is 2. The molecule has 1 N–H and O–H groups in total. The van der Waals surface area contributed by atoms with Crippen molar-refractivity contribution in [1.82, 2.24) is 15.1 Å². The monoisotopic (exact) mass is 270 g/mol. The molecular formula is C12H16F2N4O. The van der Waals surface area contributed by atoms with Gasteiger partial charge in [-0.3, -0.25) is 0 Å². The summed E-state index contributed by atoms with van der Waals surface area (Å²) in [5.74, 6) is -0.589. The van der Waals surface area contributed by atoms with Crippen LogP contribution in [0.4, 0.5) is 19.3 Å². The molecule has 104 valence electrons. The van der Waals surface area contributed by atoms with Crippen LogP contribution in [0.5, 0.6) is 0 Å². The minimum absolute atomic E-state index is 0.274. The third-order valence-electron chi connectivity index (χ3n) is 3.33. The van der Waals surface area contributed by atoms with Crippen molar-refractivity contribution < 1.29 is 13.6 Å². The van der Waals surface area contributed by atoms with Crippen molar-refractivity contribution in [3.05, 3.63) is 18.0 Å². The van der Waals surface area contributed by atoms with Gasteiger partial charge in [0, 0.05) is 19.0 Å². The third kappa shape index (κ3) is 3.36. The molecule has 19 heavy (non-hydrogen) atoms. The van der Waals surface area contributed by atoms with E-state index in [0.29, 0.717) is 37.3 Å². The predicted molar refractivity (Wildman–Crippen MR) is 66.1 cm³/mol. The highest BCUT2D eigenvalue weighted by Gasteiger charge is 2.28. The number of piperidine rings is 1. The zero-order valence-electron chi connectivity index (χ0n) is 10.6. The number of hydrogen-bond acceptors (Lipinski definition) is 3. The SMILES string of the molecule is Cc1nnccc1NC(=O)N1CCC(C(F)F)CC1. The summed E-state index contributed by atoms with van der Waals surface area (Å²) in [7, 11) is 0. The van der Waals surface area contributed by atoms with Gasteiger partial charge >= 0.3 is 6.03 Å². The molecule has 0 bridgehead atoms. The molecule has 2 amide bonds. The Morgan fingerprint density at radius 2 is 2.16 bits per heavy atom. The number of carbonyl (C=O) groups excluding carboxylic acids is 1. The Kier molecular flexibility index (Phi) is 4.24. The van der Waals surface area contributed by atoms with Gasteiger partial charge in [-0.15, -0.1) is 0 Å². The minimum atomic E-state index is -2.29. The van der Waals surface area contributed by atoms with Gasteiger partial charge in [-0.25, -0.2) is 13.6 Å². The number of aryl methyl sites for hydroxylation is 1. The van der Waals surface area contributed by atoms with Crippen LogP contribution in [0.2, 0.25) is 0 Å². The van der Waals surface area contributed by atoms with Crippen LogP contribution >= 0.6 is 0 Å². The van der Waals surface area contributed by atoms with Crippen molar-refractivity contribution >= 4 is 11.7 Å². The molecule has 1 aromatic rings. The quantitative estimate of drug-likeness (QED) is 0.897. The Hall–Kier alpha value is -1.79. The summed E-state index contributed by atoms with van der Waals surface area (Å²) < 4.78 is 25.0. The standard InChI is InChI=1S/C12H16F2N4O/c1-8-10(2-5-15-17-8)16-12(19)18-6-3-9(4-7-18)11(13)14/h2,5,9,11H,3-4,6-7H2,1H3,(H,15,16,19). The van der Waals surface area contributed by atoms with Crippen LogP contribution in [0.3, 0.4) is 0 Å². The molecule has 0 saturated carbocycles. The molecule has 1 aromatic heterocycles. The number of aromatic nitrogens is 2. The molecule has 0 radical (unpaired) electrons. The third-order valence-corrected chi connectivity index (χ3v) is 3.33. The summed E-state index contributed by atoms with van der Waals surface area (Å²) in [6.07, 6.45) is -0.111. The molecule has 5 nitrogen and oxygen atoms in total. The number of halogens is 2. The number of nitrogens with one attached hydrogen (secondary N) is 1.